The summed E-state index contributed by atoms with van der Waals surface area (Å²) < 4.78 is 0. The van der Waals surface area contributed by atoms with Gasteiger partial charge in [0.2, 0.25) is 0 Å². The molecule has 120 valence electrons. The summed E-state index contributed by atoms with van der Waals surface area (Å²) in [6.07, 6.45) is 13.8. The zero-order valence-corrected chi connectivity index (χ0v) is 13.9. The molecule has 5 fully saturated rings. The van der Waals surface area contributed by atoms with E-state index in [-0.39, 0.29) is 0 Å². The molecule has 4 bridgehead atoms. The Morgan fingerprint density at radius 1 is 1.05 bits per heavy atom. The lowest BCUT2D eigenvalue weighted by molar-refractivity contribution is -0.0606. The van der Waals surface area contributed by atoms with Gasteiger partial charge in [0.25, 0.3) is 0 Å². The maximum atomic E-state index is 3.56. The van der Waals surface area contributed by atoms with Gasteiger partial charge in [-0.2, -0.15) is 0 Å². The zero-order valence-electron chi connectivity index (χ0n) is 13.9. The molecule has 2 nitrogen and oxygen atoms in total. The highest BCUT2D eigenvalue weighted by Crippen LogP contribution is 2.61. The minimum absolute atomic E-state index is 0.772. The van der Waals surface area contributed by atoms with Crippen LogP contribution in [-0.2, 0) is 0 Å². The van der Waals surface area contributed by atoms with Crippen molar-refractivity contribution in [3.63, 3.8) is 0 Å². The van der Waals surface area contributed by atoms with Crippen LogP contribution in [-0.4, -0.2) is 38.1 Å². The van der Waals surface area contributed by atoms with Crippen molar-refractivity contribution in [2.45, 2.75) is 57.8 Å². The van der Waals surface area contributed by atoms with Crippen molar-refractivity contribution in [2.75, 3.05) is 33.2 Å². The molecule has 0 spiro atoms. The normalized spacial score (nSPS) is 45.4. The Kier molecular flexibility index (Phi) is 4.04. The molecule has 0 aromatic heterocycles. The van der Waals surface area contributed by atoms with E-state index >= 15 is 0 Å². The first-order valence-corrected chi connectivity index (χ1v) is 9.60. The Bertz CT molecular complexity index is 323. The molecule has 0 aromatic rings. The van der Waals surface area contributed by atoms with Crippen LogP contribution < -0.4 is 5.32 Å². The number of nitrogens with zero attached hydrogens (tertiary/aromatic N) is 1. The molecule has 1 heterocycles. The first-order valence-electron chi connectivity index (χ1n) is 9.60. The van der Waals surface area contributed by atoms with E-state index in [1.165, 1.54) is 45.4 Å². The third-order valence-corrected chi connectivity index (χ3v) is 7.16. The highest BCUT2D eigenvalue weighted by Gasteiger charge is 2.50. The van der Waals surface area contributed by atoms with Gasteiger partial charge in [-0.05, 0) is 114 Å². The minimum atomic E-state index is 0.772. The fourth-order valence-electron chi connectivity index (χ4n) is 6.64. The number of rotatable bonds is 5. The molecule has 1 aliphatic heterocycles. The average Bonchev–Trinajstić information content (AvgIpc) is 2.45. The maximum Gasteiger partial charge on any atom is 0.00188 e. The minimum Gasteiger partial charge on any atom is -0.316 e. The summed E-state index contributed by atoms with van der Waals surface area (Å²) in [4.78, 5) is 2.65. The maximum absolute atomic E-state index is 3.56. The van der Waals surface area contributed by atoms with Gasteiger partial charge in [-0.15, -0.1) is 0 Å². The summed E-state index contributed by atoms with van der Waals surface area (Å²) in [5, 5.41) is 3.56. The second kappa shape index (κ2) is 5.85. The van der Waals surface area contributed by atoms with E-state index in [2.05, 4.69) is 17.3 Å². The average molecular weight is 290 g/mol. The van der Waals surface area contributed by atoms with Gasteiger partial charge in [0.15, 0.2) is 0 Å². The monoisotopic (exact) mass is 290 g/mol. The van der Waals surface area contributed by atoms with Crippen LogP contribution in [0.1, 0.15) is 57.8 Å². The largest absolute Gasteiger partial charge is 0.316 e. The van der Waals surface area contributed by atoms with Crippen LogP contribution in [0, 0.1) is 29.1 Å². The van der Waals surface area contributed by atoms with Crippen LogP contribution in [0.5, 0.6) is 0 Å². The highest BCUT2D eigenvalue weighted by molar-refractivity contribution is 5.01. The van der Waals surface area contributed by atoms with Crippen molar-refractivity contribution in [1.29, 1.82) is 0 Å². The Morgan fingerprint density at radius 2 is 1.71 bits per heavy atom. The molecule has 4 aliphatic carbocycles. The van der Waals surface area contributed by atoms with E-state index < -0.39 is 0 Å². The lowest BCUT2D eigenvalue weighted by Gasteiger charge is -2.57. The molecule has 21 heavy (non-hydrogen) atoms. The van der Waals surface area contributed by atoms with Crippen LogP contribution in [0.25, 0.3) is 0 Å². The number of nitrogens with one attached hydrogen (secondary N) is 1. The zero-order chi connectivity index (χ0) is 14.3. The SMILES string of the molecule is CN(CCC12CC3CC(CC(C3)C1)C2)CC1CCCNC1. The second-order valence-electron chi connectivity index (χ2n) is 9.14. The quantitative estimate of drug-likeness (QED) is 0.833. The molecule has 4 saturated carbocycles. The van der Waals surface area contributed by atoms with Crippen LogP contribution in [0.2, 0.25) is 0 Å². The van der Waals surface area contributed by atoms with Crippen LogP contribution in [0.15, 0.2) is 0 Å². The van der Waals surface area contributed by atoms with E-state index in [1.807, 2.05) is 0 Å². The lowest BCUT2D eigenvalue weighted by atomic mass is 9.49. The highest BCUT2D eigenvalue weighted by atomic mass is 15.1. The molecule has 5 rings (SSSR count). The Morgan fingerprint density at radius 3 is 2.29 bits per heavy atom. The summed E-state index contributed by atoms with van der Waals surface area (Å²) in [5.41, 5.74) is 0.772. The van der Waals surface area contributed by atoms with Gasteiger partial charge in [0.1, 0.15) is 0 Å². The third-order valence-electron chi connectivity index (χ3n) is 7.16. The van der Waals surface area contributed by atoms with Crippen molar-refractivity contribution in [1.82, 2.24) is 10.2 Å². The smallest absolute Gasteiger partial charge is 0.00188 e. The second-order valence-corrected chi connectivity index (χ2v) is 9.14. The Labute approximate surface area is 131 Å². The molecule has 0 radical (unpaired) electrons. The number of hydrogen-bond acceptors (Lipinski definition) is 2. The summed E-state index contributed by atoms with van der Waals surface area (Å²) in [5.74, 6) is 4.25. The van der Waals surface area contributed by atoms with E-state index in [0.717, 1.165) is 29.1 Å². The summed E-state index contributed by atoms with van der Waals surface area (Å²) >= 11 is 0. The van der Waals surface area contributed by atoms with Gasteiger partial charge in [0, 0.05) is 6.54 Å². The van der Waals surface area contributed by atoms with Crippen molar-refractivity contribution in [2.24, 2.45) is 29.1 Å². The van der Waals surface area contributed by atoms with Crippen molar-refractivity contribution in [3.8, 4) is 0 Å². The first-order chi connectivity index (χ1) is 10.2. The van der Waals surface area contributed by atoms with Gasteiger partial charge >= 0.3 is 0 Å². The standard InChI is InChI=1S/C19H34N2/c1-21(14-15-3-2-5-20-13-15)6-4-19-10-16-7-17(11-19)9-18(8-16)12-19/h15-18,20H,2-14H2,1H3. The van der Waals surface area contributed by atoms with E-state index in [1.54, 1.807) is 38.5 Å². The van der Waals surface area contributed by atoms with Gasteiger partial charge in [-0.1, -0.05) is 0 Å². The molecule has 5 aliphatic rings. The fourth-order valence-corrected chi connectivity index (χ4v) is 6.64. The molecule has 1 unspecified atom stereocenters. The van der Waals surface area contributed by atoms with Gasteiger partial charge in [0.05, 0.1) is 0 Å². The molecule has 1 saturated heterocycles. The molecule has 1 atom stereocenters. The Hall–Kier alpha value is -0.0800. The van der Waals surface area contributed by atoms with Crippen molar-refractivity contribution < 1.29 is 0 Å². The molecule has 0 amide bonds. The van der Waals surface area contributed by atoms with E-state index in [4.69, 9.17) is 0 Å². The van der Waals surface area contributed by atoms with Crippen molar-refractivity contribution >= 4 is 0 Å². The topological polar surface area (TPSA) is 15.3 Å². The molecular formula is C19H34N2. The molecule has 1 N–H and O–H groups in total. The van der Waals surface area contributed by atoms with Gasteiger partial charge in [-0.3, -0.25) is 0 Å². The first kappa shape index (κ1) is 14.5. The molecule has 2 heteroatoms. The van der Waals surface area contributed by atoms with Crippen LogP contribution >= 0.6 is 0 Å². The summed E-state index contributed by atoms with van der Waals surface area (Å²) in [6.45, 7) is 5.16. The van der Waals surface area contributed by atoms with E-state index in [0.29, 0.717) is 0 Å². The van der Waals surface area contributed by atoms with Gasteiger partial charge in [-0.25, -0.2) is 0 Å². The Balaban J connectivity index is 1.28. The van der Waals surface area contributed by atoms with Crippen molar-refractivity contribution in [3.05, 3.63) is 0 Å². The number of piperidine rings is 1. The van der Waals surface area contributed by atoms with Crippen LogP contribution in [0.3, 0.4) is 0 Å². The number of hydrogen-bond donors (Lipinski definition) is 1. The predicted octanol–water partition coefficient (Wildman–Crippen LogP) is 3.52. The molecular weight excluding hydrogens is 256 g/mol. The lowest BCUT2D eigenvalue weighted by Crippen LogP contribution is -2.47. The predicted molar refractivity (Wildman–Crippen MR) is 88.3 cm³/mol. The summed E-state index contributed by atoms with van der Waals surface area (Å²) in [6, 6.07) is 0. The molecule has 0 aromatic carbocycles. The van der Waals surface area contributed by atoms with Gasteiger partial charge < -0.3 is 10.2 Å². The fraction of sp³-hybridized carbons (Fsp3) is 1.00. The third kappa shape index (κ3) is 3.17. The van der Waals surface area contributed by atoms with Crippen LogP contribution in [0.4, 0.5) is 0 Å². The van der Waals surface area contributed by atoms with E-state index in [9.17, 15) is 0 Å². The summed E-state index contributed by atoms with van der Waals surface area (Å²) in [7, 11) is 2.37.